The van der Waals surface area contributed by atoms with Crippen molar-refractivity contribution in [2.75, 3.05) is 0 Å². The molecule has 0 amide bonds. The van der Waals surface area contributed by atoms with Crippen molar-refractivity contribution in [2.24, 2.45) is 5.73 Å². The first-order valence-electron chi connectivity index (χ1n) is 5.52. The Morgan fingerprint density at radius 2 is 1.89 bits per heavy atom. The van der Waals surface area contributed by atoms with Crippen molar-refractivity contribution in [3.8, 4) is 11.5 Å². The van der Waals surface area contributed by atoms with E-state index in [1.807, 2.05) is 31.2 Å². The van der Waals surface area contributed by atoms with Gasteiger partial charge >= 0.3 is 0 Å². The number of aryl methyl sites for hydroxylation is 1. The fourth-order valence-electron chi connectivity index (χ4n) is 1.61. The molecule has 0 unspecified atom stereocenters. The first-order chi connectivity index (χ1) is 8.60. The highest BCUT2D eigenvalue weighted by Gasteiger charge is 2.05. The fourth-order valence-corrected chi connectivity index (χ4v) is 2.09. The lowest BCUT2D eigenvalue weighted by atomic mass is 10.2. The third-order valence-electron chi connectivity index (χ3n) is 2.61. The van der Waals surface area contributed by atoms with Gasteiger partial charge in [-0.2, -0.15) is 0 Å². The van der Waals surface area contributed by atoms with Gasteiger partial charge in [0.1, 0.15) is 11.5 Å². The zero-order chi connectivity index (χ0) is 13.1. The predicted octanol–water partition coefficient (Wildman–Crippen LogP) is 4.55. The van der Waals surface area contributed by atoms with Crippen LogP contribution < -0.4 is 10.5 Å². The van der Waals surface area contributed by atoms with E-state index in [9.17, 15) is 0 Å². The smallest absolute Gasteiger partial charge is 0.130 e. The Morgan fingerprint density at radius 3 is 2.50 bits per heavy atom. The summed E-state index contributed by atoms with van der Waals surface area (Å²) in [5.74, 6) is 1.44. The van der Waals surface area contributed by atoms with Crippen LogP contribution >= 0.6 is 23.2 Å². The molecule has 0 saturated heterocycles. The molecular weight excluding hydrogens is 269 g/mol. The van der Waals surface area contributed by atoms with Gasteiger partial charge in [-0.15, -0.1) is 0 Å². The van der Waals surface area contributed by atoms with E-state index in [4.69, 9.17) is 33.7 Å². The Kier molecular flexibility index (Phi) is 4.12. The van der Waals surface area contributed by atoms with Gasteiger partial charge in [0.2, 0.25) is 0 Å². The third kappa shape index (κ3) is 2.96. The SMILES string of the molecule is Cc1cc(Cl)ccc1Oc1ccc(CN)c(Cl)c1. The van der Waals surface area contributed by atoms with E-state index < -0.39 is 0 Å². The van der Waals surface area contributed by atoms with E-state index in [-0.39, 0.29) is 0 Å². The number of benzene rings is 2. The second kappa shape index (κ2) is 5.61. The Balaban J connectivity index is 2.26. The molecule has 0 aromatic heterocycles. The molecule has 0 aliphatic heterocycles. The monoisotopic (exact) mass is 281 g/mol. The number of rotatable bonds is 3. The second-order valence-electron chi connectivity index (χ2n) is 3.97. The Hall–Kier alpha value is -1.22. The minimum absolute atomic E-state index is 0.416. The highest BCUT2D eigenvalue weighted by atomic mass is 35.5. The van der Waals surface area contributed by atoms with Crippen LogP contribution in [-0.2, 0) is 6.54 Å². The molecule has 2 aromatic carbocycles. The van der Waals surface area contributed by atoms with E-state index in [0.29, 0.717) is 22.3 Å². The Morgan fingerprint density at radius 1 is 1.11 bits per heavy atom. The number of hydrogen-bond donors (Lipinski definition) is 1. The lowest BCUT2D eigenvalue weighted by Crippen LogP contribution is -1.97. The van der Waals surface area contributed by atoms with Gasteiger partial charge in [0.15, 0.2) is 0 Å². The van der Waals surface area contributed by atoms with Crippen molar-refractivity contribution in [1.82, 2.24) is 0 Å². The Labute approximate surface area is 116 Å². The van der Waals surface area contributed by atoms with Gasteiger partial charge in [0, 0.05) is 16.6 Å². The summed E-state index contributed by atoms with van der Waals surface area (Å²) in [6.07, 6.45) is 0. The molecule has 0 saturated carbocycles. The van der Waals surface area contributed by atoms with Crippen LogP contribution in [0.1, 0.15) is 11.1 Å². The van der Waals surface area contributed by atoms with Crippen LogP contribution in [0, 0.1) is 6.92 Å². The number of hydrogen-bond acceptors (Lipinski definition) is 2. The average molecular weight is 282 g/mol. The number of nitrogens with two attached hydrogens (primary N) is 1. The van der Waals surface area contributed by atoms with Crippen LogP contribution in [-0.4, -0.2) is 0 Å². The van der Waals surface area contributed by atoms with Crippen molar-refractivity contribution in [2.45, 2.75) is 13.5 Å². The third-order valence-corrected chi connectivity index (χ3v) is 3.20. The summed E-state index contributed by atoms with van der Waals surface area (Å²) in [7, 11) is 0. The summed E-state index contributed by atoms with van der Waals surface area (Å²) in [6.45, 7) is 2.36. The van der Waals surface area contributed by atoms with Crippen LogP contribution in [0.4, 0.5) is 0 Å². The molecule has 18 heavy (non-hydrogen) atoms. The van der Waals surface area contributed by atoms with Crippen LogP contribution in [0.3, 0.4) is 0 Å². The predicted molar refractivity (Wildman–Crippen MR) is 75.6 cm³/mol. The van der Waals surface area contributed by atoms with Crippen molar-refractivity contribution < 1.29 is 4.74 Å². The van der Waals surface area contributed by atoms with Gasteiger partial charge < -0.3 is 10.5 Å². The van der Waals surface area contributed by atoms with Gasteiger partial charge in [-0.25, -0.2) is 0 Å². The van der Waals surface area contributed by atoms with Gasteiger partial charge in [0.05, 0.1) is 0 Å². The van der Waals surface area contributed by atoms with Gasteiger partial charge in [-0.1, -0.05) is 29.3 Å². The topological polar surface area (TPSA) is 35.2 Å². The van der Waals surface area contributed by atoms with Crippen molar-refractivity contribution in [1.29, 1.82) is 0 Å². The molecule has 2 rings (SSSR count). The van der Waals surface area contributed by atoms with Crippen LogP contribution in [0.25, 0.3) is 0 Å². The first kappa shape index (κ1) is 13.2. The zero-order valence-corrected chi connectivity index (χ0v) is 11.4. The molecule has 0 heterocycles. The standard InChI is InChI=1S/C14H13Cl2NO/c1-9-6-11(15)3-5-14(9)18-12-4-2-10(8-17)13(16)7-12/h2-7H,8,17H2,1H3. The van der Waals surface area contributed by atoms with E-state index >= 15 is 0 Å². The molecule has 2 N–H and O–H groups in total. The number of halogens is 2. The van der Waals surface area contributed by atoms with Crippen LogP contribution in [0.15, 0.2) is 36.4 Å². The minimum atomic E-state index is 0.416. The molecule has 0 aliphatic rings. The minimum Gasteiger partial charge on any atom is -0.457 e. The summed E-state index contributed by atoms with van der Waals surface area (Å²) in [4.78, 5) is 0. The molecule has 0 radical (unpaired) electrons. The highest BCUT2D eigenvalue weighted by molar-refractivity contribution is 6.31. The normalized spacial score (nSPS) is 10.4. The zero-order valence-electron chi connectivity index (χ0n) is 9.91. The maximum absolute atomic E-state index is 6.08. The van der Waals surface area contributed by atoms with Crippen LogP contribution in [0.5, 0.6) is 11.5 Å². The molecule has 0 bridgehead atoms. The quantitative estimate of drug-likeness (QED) is 0.896. The maximum atomic E-state index is 6.08. The lowest BCUT2D eigenvalue weighted by molar-refractivity contribution is 0.479. The molecule has 0 aliphatic carbocycles. The van der Waals surface area contributed by atoms with E-state index in [1.54, 1.807) is 12.1 Å². The lowest BCUT2D eigenvalue weighted by Gasteiger charge is -2.10. The fraction of sp³-hybridized carbons (Fsp3) is 0.143. The Bertz CT molecular complexity index is 570. The van der Waals surface area contributed by atoms with Crippen molar-refractivity contribution >= 4 is 23.2 Å². The molecule has 0 spiro atoms. The maximum Gasteiger partial charge on any atom is 0.130 e. The average Bonchev–Trinajstić information content (AvgIpc) is 2.33. The summed E-state index contributed by atoms with van der Waals surface area (Å²) in [5.41, 5.74) is 7.43. The molecule has 2 aromatic rings. The van der Waals surface area contributed by atoms with E-state index in [2.05, 4.69) is 0 Å². The van der Waals surface area contributed by atoms with Gasteiger partial charge in [-0.05, 0) is 48.4 Å². The molecule has 94 valence electrons. The van der Waals surface area contributed by atoms with E-state index in [1.165, 1.54) is 0 Å². The largest absolute Gasteiger partial charge is 0.457 e. The summed E-state index contributed by atoms with van der Waals surface area (Å²) < 4.78 is 5.76. The van der Waals surface area contributed by atoms with Crippen LogP contribution in [0.2, 0.25) is 10.0 Å². The molecule has 4 heteroatoms. The first-order valence-corrected chi connectivity index (χ1v) is 6.28. The van der Waals surface area contributed by atoms with Crippen molar-refractivity contribution in [3.63, 3.8) is 0 Å². The summed E-state index contributed by atoms with van der Waals surface area (Å²) in [5, 5.41) is 1.30. The summed E-state index contributed by atoms with van der Waals surface area (Å²) in [6, 6.07) is 11.0. The molecular formula is C14H13Cl2NO. The second-order valence-corrected chi connectivity index (χ2v) is 4.81. The van der Waals surface area contributed by atoms with Gasteiger partial charge in [0.25, 0.3) is 0 Å². The molecule has 2 nitrogen and oxygen atoms in total. The molecule has 0 fully saturated rings. The summed E-state index contributed by atoms with van der Waals surface area (Å²) >= 11 is 12.0. The van der Waals surface area contributed by atoms with Crippen molar-refractivity contribution in [3.05, 3.63) is 57.6 Å². The highest BCUT2D eigenvalue weighted by Crippen LogP contribution is 2.29. The number of ether oxygens (including phenoxy) is 1. The van der Waals surface area contributed by atoms with E-state index in [0.717, 1.165) is 16.9 Å². The van der Waals surface area contributed by atoms with Gasteiger partial charge in [-0.3, -0.25) is 0 Å². The molecule has 0 atom stereocenters.